The molecule has 0 aliphatic carbocycles. The van der Waals surface area contributed by atoms with Gasteiger partial charge in [-0.1, -0.05) is 5.21 Å². The van der Waals surface area contributed by atoms with Crippen LogP contribution in [0.4, 0.5) is 25.0 Å². The van der Waals surface area contributed by atoms with Crippen molar-refractivity contribution in [2.75, 3.05) is 42.6 Å². The van der Waals surface area contributed by atoms with Crippen molar-refractivity contribution in [3.05, 3.63) is 35.7 Å². The molecule has 2 fully saturated rings. The molecule has 29 heavy (non-hydrogen) atoms. The van der Waals surface area contributed by atoms with Crippen LogP contribution in [0.3, 0.4) is 0 Å². The van der Waals surface area contributed by atoms with Gasteiger partial charge in [0, 0.05) is 31.8 Å². The van der Waals surface area contributed by atoms with E-state index in [1.165, 1.54) is 9.58 Å². The molecule has 2 aliphatic rings. The predicted molar refractivity (Wildman–Crippen MR) is 99.6 cm³/mol. The minimum absolute atomic E-state index is 0.102. The molecule has 0 spiro atoms. The zero-order chi connectivity index (χ0) is 20.4. The van der Waals surface area contributed by atoms with Gasteiger partial charge in [0.2, 0.25) is 0 Å². The van der Waals surface area contributed by atoms with Crippen LogP contribution in [-0.2, 0) is 16.0 Å². The number of nitrogens with zero attached hydrogens (tertiary/aromatic N) is 5. The van der Waals surface area contributed by atoms with E-state index in [0.29, 0.717) is 38.4 Å². The SMILES string of the molecule is C#Cc1cn(CC2CN(c3cc(F)c(N4CCCOCC4)c(F)c3)C(=O)O2)nn1. The lowest BCUT2D eigenvalue weighted by atomic mass is 10.2. The van der Waals surface area contributed by atoms with Gasteiger partial charge < -0.3 is 14.4 Å². The Morgan fingerprint density at radius 2 is 2.03 bits per heavy atom. The number of carbonyl (C=O) groups is 1. The lowest BCUT2D eigenvalue weighted by Crippen LogP contribution is -2.29. The minimum atomic E-state index is -0.729. The molecule has 1 aromatic heterocycles. The van der Waals surface area contributed by atoms with E-state index in [1.54, 1.807) is 11.1 Å². The third kappa shape index (κ3) is 4.00. The smallest absolute Gasteiger partial charge is 0.414 e. The van der Waals surface area contributed by atoms with E-state index in [0.717, 1.165) is 12.1 Å². The monoisotopic (exact) mass is 403 g/mol. The molecule has 2 saturated heterocycles. The van der Waals surface area contributed by atoms with Crippen molar-refractivity contribution in [3.8, 4) is 12.3 Å². The quantitative estimate of drug-likeness (QED) is 0.725. The molecule has 1 amide bonds. The first-order chi connectivity index (χ1) is 14.0. The van der Waals surface area contributed by atoms with Crippen molar-refractivity contribution in [1.82, 2.24) is 15.0 Å². The van der Waals surface area contributed by atoms with Gasteiger partial charge in [-0.3, -0.25) is 4.90 Å². The number of aromatic nitrogens is 3. The average Bonchev–Trinajstić information content (AvgIpc) is 3.19. The number of cyclic esters (lactones) is 1. The van der Waals surface area contributed by atoms with E-state index in [-0.39, 0.29) is 24.5 Å². The Balaban J connectivity index is 1.50. The third-order valence-corrected chi connectivity index (χ3v) is 4.80. The maximum atomic E-state index is 14.8. The van der Waals surface area contributed by atoms with Gasteiger partial charge in [0.25, 0.3) is 0 Å². The summed E-state index contributed by atoms with van der Waals surface area (Å²) >= 11 is 0. The van der Waals surface area contributed by atoms with Crippen LogP contribution in [0.1, 0.15) is 12.1 Å². The molecule has 0 N–H and O–H groups in total. The van der Waals surface area contributed by atoms with Crippen molar-refractivity contribution < 1.29 is 23.0 Å². The lowest BCUT2D eigenvalue weighted by molar-refractivity contribution is 0.129. The Hall–Kier alpha value is -3.19. The van der Waals surface area contributed by atoms with Crippen molar-refractivity contribution in [2.24, 2.45) is 0 Å². The van der Waals surface area contributed by atoms with Crippen LogP contribution in [0.2, 0.25) is 0 Å². The highest BCUT2D eigenvalue weighted by atomic mass is 19.1. The standard InChI is InChI=1S/C19H19F2N5O3/c1-2-13-10-25(23-22-13)11-15-12-26(19(27)29-15)14-8-16(20)18(17(21)9-14)24-4-3-6-28-7-5-24/h1,8-10,15H,3-7,11-12H2. The minimum Gasteiger partial charge on any atom is -0.442 e. The van der Waals surface area contributed by atoms with Gasteiger partial charge >= 0.3 is 6.09 Å². The normalized spacial score (nSPS) is 19.8. The second kappa shape index (κ2) is 8.05. The topological polar surface area (TPSA) is 72.7 Å². The molecule has 8 nitrogen and oxygen atoms in total. The number of hydrogen-bond acceptors (Lipinski definition) is 6. The van der Waals surface area contributed by atoms with Crippen molar-refractivity contribution in [1.29, 1.82) is 0 Å². The van der Waals surface area contributed by atoms with Gasteiger partial charge in [0.05, 0.1) is 31.6 Å². The van der Waals surface area contributed by atoms with Crippen LogP contribution in [0.15, 0.2) is 18.3 Å². The van der Waals surface area contributed by atoms with Gasteiger partial charge in [-0.05, 0) is 12.3 Å². The number of ether oxygens (including phenoxy) is 2. The molecule has 0 radical (unpaired) electrons. The maximum absolute atomic E-state index is 14.8. The van der Waals surface area contributed by atoms with E-state index in [1.807, 2.05) is 0 Å². The Labute approximate surface area is 166 Å². The number of carbonyl (C=O) groups excluding carboxylic acids is 1. The summed E-state index contributed by atoms with van der Waals surface area (Å²) in [5.41, 5.74) is 0.364. The summed E-state index contributed by atoms with van der Waals surface area (Å²) in [6, 6.07) is 2.30. The van der Waals surface area contributed by atoms with E-state index >= 15 is 0 Å². The van der Waals surface area contributed by atoms with E-state index < -0.39 is 23.8 Å². The predicted octanol–water partition coefficient (Wildman–Crippen LogP) is 1.79. The van der Waals surface area contributed by atoms with Crippen LogP contribution >= 0.6 is 0 Å². The zero-order valence-corrected chi connectivity index (χ0v) is 15.6. The Morgan fingerprint density at radius 1 is 1.24 bits per heavy atom. The summed E-state index contributed by atoms with van der Waals surface area (Å²) in [6.45, 7) is 2.22. The second-order valence-electron chi connectivity index (χ2n) is 6.80. The molecule has 0 bridgehead atoms. The van der Waals surface area contributed by atoms with E-state index in [2.05, 4.69) is 16.2 Å². The molecule has 2 aromatic rings. The molecule has 152 valence electrons. The fourth-order valence-corrected chi connectivity index (χ4v) is 3.47. The molecule has 1 atom stereocenters. The number of amides is 1. The van der Waals surface area contributed by atoms with E-state index in [4.69, 9.17) is 15.9 Å². The highest BCUT2D eigenvalue weighted by molar-refractivity contribution is 5.90. The number of rotatable bonds is 4. The first kappa shape index (κ1) is 19.1. The summed E-state index contributed by atoms with van der Waals surface area (Å²) in [5.74, 6) is 0.899. The number of hydrogen-bond donors (Lipinski definition) is 0. The number of benzene rings is 1. The highest BCUT2D eigenvalue weighted by Gasteiger charge is 2.34. The second-order valence-corrected chi connectivity index (χ2v) is 6.80. The lowest BCUT2D eigenvalue weighted by Gasteiger charge is -2.24. The summed E-state index contributed by atoms with van der Waals surface area (Å²) < 4.78 is 41.6. The van der Waals surface area contributed by atoms with Crippen LogP contribution < -0.4 is 9.80 Å². The van der Waals surface area contributed by atoms with Crippen LogP contribution in [0.25, 0.3) is 0 Å². The number of anilines is 2. The first-order valence-corrected chi connectivity index (χ1v) is 9.22. The first-order valence-electron chi connectivity index (χ1n) is 9.22. The fraction of sp³-hybridized carbons (Fsp3) is 0.421. The van der Waals surface area contributed by atoms with Gasteiger partial charge in [0.1, 0.15) is 11.8 Å². The van der Waals surface area contributed by atoms with Crippen molar-refractivity contribution in [3.63, 3.8) is 0 Å². The Bertz CT molecular complexity index is 927. The average molecular weight is 403 g/mol. The molecular formula is C19H19F2N5O3. The molecular weight excluding hydrogens is 384 g/mol. The highest BCUT2D eigenvalue weighted by Crippen LogP contribution is 2.31. The summed E-state index contributed by atoms with van der Waals surface area (Å²) in [4.78, 5) is 15.1. The summed E-state index contributed by atoms with van der Waals surface area (Å²) in [5, 5.41) is 7.62. The summed E-state index contributed by atoms with van der Waals surface area (Å²) in [7, 11) is 0. The van der Waals surface area contributed by atoms with Crippen LogP contribution in [0, 0.1) is 24.0 Å². The maximum Gasteiger partial charge on any atom is 0.414 e. The molecule has 4 rings (SSSR count). The van der Waals surface area contributed by atoms with Crippen LogP contribution in [0.5, 0.6) is 0 Å². The van der Waals surface area contributed by atoms with Gasteiger partial charge in [-0.2, -0.15) is 0 Å². The molecule has 1 aromatic carbocycles. The largest absolute Gasteiger partial charge is 0.442 e. The molecule has 0 saturated carbocycles. The molecule has 1 unspecified atom stereocenters. The third-order valence-electron chi connectivity index (χ3n) is 4.80. The van der Waals surface area contributed by atoms with Gasteiger partial charge in [-0.25, -0.2) is 18.3 Å². The zero-order valence-electron chi connectivity index (χ0n) is 15.6. The van der Waals surface area contributed by atoms with Gasteiger partial charge in [0.15, 0.2) is 17.3 Å². The van der Waals surface area contributed by atoms with Gasteiger partial charge in [-0.15, -0.1) is 11.5 Å². The Kier molecular flexibility index (Phi) is 5.31. The van der Waals surface area contributed by atoms with Crippen LogP contribution in [-0.4, -0.2) is 60.0 Å². The van der Waals surface area contributed by atoms with Crippen molar-refractivity contribution >= 4 is 17.5 Å². The molecule has 2 aliphatic heterocycles. The summed E-state index contributed by atoms with van der Waals surface area (Å²) in [6.07, 6.45) is 6.26. The van der Waals surface area contributed by atoms with Crippen molar-refractivity contribution in [2.45, 2.75) is 19.1 Å². The molecule has 10 heteroatoms. The van der Waals surface area contributed by atoms with E-state index in [9.17, 15) is 13.6 Å². The molecule has 3 heterocycles. The number of halogens is 2. The Morgan fingerprint density at radius 3 is 2.76 bits per heavy atom. The fourth-order valence-electron chi connectivity index (χ4n) is 3.47. The number of terminal acetylenes is 1.